The number of hydrogen-bond donors (Lipinski definition) is 3. The standard InChI is InChI=1S/C13H17N3O2/c1-9-4-6-10(7-5-9)12(17)15-16-13(18)11-3-2-8-14-11/h4-7,11,14H,2-3,8H2,1H3,(H,15,17)(H,16,18). The molecule has 0 spiro atoms. The third kappa shape index (κ3) is 3.07. The lowest BCUT2D eigenvalue weighted by Crippen LogP contribution is -2.49. The molecule has 5 nitrogen and oxygen atoms in total. The quantitative estimate of drug-likeness (QED) is 0.667. The van der Waals surface area contributed by atoms with Crippen molar-refractivity contribution in [3.05, 3.63) is 35.4 Å². The van der Waals surface area contributed by atoms with Crippen LogP contribution in [-0.2, 0) is 4.79 Å². The Labute approximate surface area is 106 Å². The van der Waals surface area contributed by atoms with E-state index in [1.165, 1.54) is 0 Å². The molecular formula is C13H17N3O2. The zero-order chi connectivity index (χ0) is 13.0. The highest BCUT2D eigenvalue weighted by Gasteiger charge is 2.22. The third-order valence-electron chi connectivity index (χ3n) is 2.99. The number of aryl methyl sites for hydroxylation is 1. The molecular weight excluding hydrogens is 230 g/mol. The van der Waals surface area contributed by atoms with Crippen molar-refractivity contribution in [2.24, 2.45) is 0 Å². The smallest absolute Gasteiger partial charge is 0.269 e. The second kappa shape index (κ2) is 5.64. The fraction of sp³-hybridized carbons (Fsp3) is 0.385. The Morgan fingerprint density at radius 3 is 2.56 bits per heavy atom. The van der Waals surface area contributed by atoms with E-state index in [4.69, 9.17) is 0 Å². The molecule has 96 valence electrons. The molecule has 2 rings (SSSR count). The number of carbonyl (C=O) groups excluding carboxylic acids is 2. The largest absolute Gasteiger partial charge is 0.306 e. The first kappa shape index (κ1) is 12.6. The average molecular weight is 247 g/mol. The van der Waals surface area contributed by atoms with Gasteiger partial charge in [0, 0.05) is 5.56 Å². The minimum absolute atomic E-state index is 0.187. The van der Waals surface area contributed by atoms with Gasteiger partial charge in [-0.3, -0.25) is 20.4 Å². The molecule has 1 heterocycles. The van der Waals surface area contributed by atoms with Crippen LogP contribution >= 0.6 is 0 Å². The summed E-state index contributed by atoms with van der Waals surface area (Å²) in [6, 6.07) is 6.98. The van der Waals surface area contributed by atoms with Crippen LogP contribution in [0.2, 0.25) is 0 Å². The number of nitrogens with one attached hydrogen (secondary N) is 3. The van der Waals surface area contributed by atoms with Crippen molar-refractivity contribution < 1.29 is 9.59 Å². The topological polar surface area (TPSA) is 70.2 Å². The van der Waals surface area contributed by atoms with Crippen LogP contribution in [0.4, 0.5) is 0 Å². The van der Waals surface area contributed by atoms with Gasteiger partial charge < -0.3 is 5.32 Å². The highest BCUT2D eigenvalue weighted by Crippen LogP contribution is 2.04. The monoisotopic (exact) mass is 247 g/mol. The van der Waals surface area contributed by atoms with Gasteiger partial charge in [0.05, 0.1) is 6.04 Å². The van der Waals surface area contributed by atoms with Gasteiger partial charge in [0.25, 0.3) is 11.8 Å². The number of hydrogen-bond acceptors (Lipinski definition) is 3. The summed E-state index contributed by atoms with van der Waals surface area (Å²) < 4.78 is 0. The van der Waals surface area contributed by atoms with Crippen molar-refractivity contribution in [2.75, 3.05) is 6.54 Å². The minimum atomic E-state index is -0.304. The van der Waals surface area contributed by atoms with Gasteiger partial charge >= 0.3 is 0 Å². The maximum absolute atomic E-state index is 11.7. The van der Waals surface area contributed by atoms with E-state index < -0.39 is 0 Å². The summed E-state index contributed by atoms with van der Waals surface area (Å²) in [5.74, 6) is -0.491. The minimum Gasteiger partial charge on any atom is -0.306 e. The molecule has 5 heteroatoms. The van der Waals surface area contributed by atoms with Gasteiger partial charge in [-0.1, -0.05) is 17.7 Å². The van der Waals surface area contributed by atoms with E-state index in [0.29, 0.717) is 5.56 Å². The zero-order valence-corrected chi connectivity index (χ0v) is 10.3. The Balaban J connectivity index is 1.84. The average Bonchev–Trinajstić information content (AvgIpc) is 2.90. The van der Waals surface area contributed by atoms with Gasteiger partial charge in [0.1, 0.15) is 0 Å². The van der Waals surface area contributed by atoms with E-state index in [1.54, 1.807) is 12.1 Å². The van der Waals surface area contributed by atoms with E-state index >= 15 is 0 Å². The lowest BCUT2D eigenvalue weighted by atomic mass is 10.1. The highest BCUT2D eigenvalue weighted by atomic mass is 16.2. The number of carbonyl (C=O) groups is 2. The van der Waals surface area contributed by atoms with Gasteiger partial charge in [0.15, 0.2) is 0 Å². The molecule has 1 unspecified atom stereocenters. The summed E-state index contributed by atoms with van der Waals surface area (Å²) in [7, 11) is 0. The fourth-order valence-corrected chi connectivity index (χ4v) is 1.89. The van der Waals surface area contributed by atoms with E-state index in [9.17, 15) is 9.59 Å². The molecule has 1 atom stereocenters. The van der Waals surface area contributed by atoms with Crippen LogP contribution in [0, 0.1) is 6.92 Å². The van der Waals surface area contributed by atoms with Crippen molar-refractivity contribution in [2.45, 2.75) is 25.8 Å². The Morgan fingerprint density at radius 2 is 1.94 bits per heavy atom. The first-order chi connectivity index (χ1) is 8.66. The highest BCUT2D eigenvalue weighted by molar-refractivity contribution is 5.95. The van der Waals surface area contributed by atoms with Crippen molar-refractivity contribution >= 4 is 11.8 Å². The Hall–Kier alpha value is -1.88. The predicted octanol–water partition coefficient (Wildman–Crippen LogP) is 0.508. The molecule has 1 aliphatic rings. The Kier molecular flexibility index (Phi) is 3.94. The molecule has 2 amide bonds. The summed E-state index contributed by atoms with van der Waals surface area (Å²) in [6.45, 7) is 2.80. The summed E-state index contributed by atoms with van der Waals surface area (Å²) in [4.78, 5) is 23.4. The van der Waals surface area contributed by atoms with Gasteiger partial charge in [-0.25, -0.2) is 0 Å². The molecule has 3 N–H and O–H groups in total. The van der Waals surface area contributed by atoms with Crippen molar-refractivity contribution in [3.63, 3.8) is 0 Å². The number of hydrazine groups is 1. The molecule has 0 radical (unpaired) electrons. The van der Waals surface area contributed by atoms with E-state index in [2.05, 4.69) is 16.2 Å². The van der Waals surface area contributed by atoms with Gasteiger partial charge in [-0.2, -0.15) is 0 Å². The molecule has 1 saturated heterocycles. The molecule has 0 aromatic heterocycles. The lowest BCUT2D eigenvalue weighted by molar-refractivity contribution is -0.123. The van der Waals surface area contributed by atoms with Crippen molar-refractivity contribution in [3.8, 4) is 0 Å². The first-order valence-electron chi connectivity index (χ1n) is 6.07. The third-order valence-corrected chi connectivity index (χ3v) is 2.99. The zero-order valence-electron chi connectivity index (χ0n) is 10.3. The van der Waals surface area contributed by atoms with Gasteiger partial charge in [-0.05, 0) is 38.4 Å². The molecule has 1 aromatic carbocycles. The SMILES string of the molecule is Cc1ccc(C(=O)NNC(=O)C2CCCN2)cc1. The maximum Gasteiger partial charge on any atom is 0.269 e. The number of rotatable bonds is 2. The fourth-order valence-electron chi connectivity index (χ4n) is 1.89. The second-order valence-electron chi connectivity index (χ2n) is 4.46. The van der Waals surface area contributed by atoms with E-state index in [1.807, 2.05) is 19.1 Å². The van der Waals surface area contributed by atoms with Crippen molar-refractivity contribution in [1.29, 1.82) is 0 Å². The van der Waals surface area contributed by atoms with Gasteiger partial charge in [-0.15, -0.1) is 0 Å². The van der Waals surface area contributed by atoms with E-state index in [0.717, 1.165) is 24.9 Å². The summed E-state index contributed by atoms with van der Waals surface area (Å²) >= 11 is 0. The molecule has 0 aliphatic carbocycles. The van der Waals surface area contributed by atoms with Crippen LogP contribution in [0.1, 0.15) is 28.8 Å². The lowest BCUT2D eigenvalue weighted by Gasteiger charge is -2.11. The van der Waals surface area contributed by atoms with Crippen LogP contribution in [0.3, 0.4) is 0 Å². The summed E-state index contributed by atoms with van der Waals surface area (Å²) in [6.07, 6.45) is 1.80. The molecule has 1 aromatic rings. The summed E-state index contributed by atoms with van der Waals surface area (Å²) in [5, 5.41) is 3.06. The van der Waals surface area contributed by atoms with E-state index in [-0.39, 0.29) is 17.9 Å². The van der Waals surface area contributed by atoms with Crippen LogP contribution < -0.4 is 16.2 Å². The Morgan fingerprint density at radius 1 is 1.22 bits per heavy atom. The molecule has 18 heavy (non-hydrogen) atoms. The normalized spacial score (nSPS) is 18.4. The number of benzene rings is 1. The van der Waals surface area contributed by atoms with Crippen molar-refractivity contribution in [1.82, 2.24) is 16.2 Å². The van der Waals surface area contributed by atoms with Crippen LogP contribution in [0.25, 0.3) is 0 Å². The van der Waals surface area contributed by atoms with Crippen LogP contribution in [-0.4, -0.2) is 24.4 Å². The first-order valence-corrected chi connectivity index (χ1v) is 6.07. The molecule has 0 saturated carbocycles. The Bertz CT molecular complexity index is 436. The van der Waals surface area contributed by atoms with Gasteiger partial charge in [0.2, 0.25) is 0 Å². The maximum atomic E-state index is 11.7. The molecule has 1 fully saturated rings. The number of amides is 2. The van der Waals surface area contributed by atoms with Crippen LogP contribution in [0.5, 0.6) is 0 Å². The van der Waals surface area contributed by atoms with Crippen LogP contribution in [0.15, 0.2) is 24.3 Å². The predicted molar refractivity (Wildman–Crippen MR) is 67.8 cm³/mol. The second-order valence-corrected chi connectivity index (χ2v) is 4.46. The molecule has 1 aliphatic heterocycles. The molecule has 0 bridgehead atoms. The summed E-state index contributed by atoms with van der Waals surface area (Å²) in [5.41, 5.74) is 6.47.